The monoisotopic (exact) mass is 879 g/mol. The van der Waals surface area contributed by atoms with E-state index < -0.39 is 0 Å². The molecular weight excluding hydrogens is 818 g/mol. The summed E-state index contributed by atoms with van der Waals surface area (Å²) < 4.78 is 14.1. The summed E-state index contributed by atoms with van der Waals surface area (Å²) in [5, 5.41) is 1.19. The van der Waals surface area contributed by atoms with Crippen LogP contribution in [0.1, 0.15) is 110 Å². The molecule has 0 spiro atoms. The van der Waals surface area contributed by atoms with E-state index in [0.29, 0.717) is 5.92 Å². The molecule has 14 rings (SSSR count). The second kappa shape index (κ2) is 13.2. The minimum atomic E-state index is -0.163. The molecule has 5 aliphatic heterocycles. The molecule has 7 atom stereocenters. The molecular formula is C61H62BN3O2. The maximum absolute atomic E-state index is 7.11. The van der Waals surface area contributed by atoms with Crippen molar-refractivity contribution in [2.24, 2.45) is 22.2 Å². The molecule has 0 saturated heterocycles. The third-order valence-corrected chi connectivity index (χ3v) is 18.4. The molecule has 0 radical (unpaired) electrons. The van der Waals surface area contributed by atoms with E-state index in [2.05, 4.69) is 198 Å². The molecule has 1 fully saturated rings. The maximum Gasteiger partial charge on any atom is 0.247 e. The van der Waals surface area contributed by atoms with Crippen LogP contribution in [0.4, 0.5) is 28.4 Å². The van der Waals surface area contributed by atoms with E-state index in [1.165, 1.54) is 104 Å². The average Bonchev–Trinajstić information content (AvgIpc) is 4.02. The van der Waals surface area contributed by atoms with Crippen LogP contribution in [0, 0.1) is 29.1 Å². The first-order valence-electron chi connectivity index (χ1n) is 25.3. The van der Waals surface area contributed by atoms with Gasteiger partial charge in [-0.3, -0.25) is 0 Å². The first kappa shape index (κ1) is 40.2. The lowest BCUT2D eigenvalue weighted by molar-refractivity contribution is 0.140. The zero-order chi connectivity index (χ0) is 45.7. The SMILES string of the molecule is Cc1cc2c3c(c1)N1c4c(oc5ccccc45)C4C=C(C(C)(C)C)C=C(B3c3ccc(N5C6=C(CC(C(C)(C)C)C=C6)C6(C)CCCCC56C)cc3N2C2C=CC=C3c5ccccc5OC32)C41. The summed E-state index contributed by atoms with van der Waals surface area (Å²) in [6.07, 6.45) is 23.2. The van der Waals surface area contributed by atoms with Crippen LogP contribution < -0.4 is 30.4 Å². The van der Waals surface area contributed by atoms with Crippen LogP contribution in [0.15, 0.2) is 148 Å². The highest BCUT2D eigenvalue weighted by Crippen LogP contribution is 2.64. The third-order valence-electron chi connectivity index (χ3n) is 18.4. The molecule has 4 aliphatic carbocycles. The number of anilines is 5. The van der Waals surface area contributed by atoms with Gasteiger partial charge < -0.3 is 23.9 Å². The van der Waals surface area contributed by atoms with Crippen molar-refractivity contribution in [3.63, 3.8) is 0 Å². The highest BCUT2D eigenvalue weighted by molar-refractivity contribution is 6.95. The number of nitrogens with zero attached hydrogens (tertiary/aromatic N) is 3. The van der Waals surface area contributed by atoms with Gasteiger partial charge in [0.25, 0.3) is 0 Å². The van der Waals surface area contributed by atoms with Gasteiger partial charge in [0.05, 0.1) is 29.2 Å². The van der Waals surface area contributed by atoms with Gasteiger partial charge in [-0.05, 0) is 126 Å². The predicted molar refractivity (Wildman–Crippen MR) is 278 cm³/mol. The van der Waals surface area contributed by atoms with Crippen molar-refractivity contribution in [2.45, 2.75) is 124 Å². The third kappa shape index (κ3) is 5.17. The Morgan fingerprint density at radius 3 is 2.42 bits per heavy atom. The summed E-state index contributed by atoms with van der Waals surface area (Å²) >= 11 is 0. The van der Waals surface area contributed by atoms with Gasteiger partial charge in [-0.1, -0.05) is 140 Å². The average molecular weight is 880 g/mol. The lowest BCUT2D eigenvalue weighted by atomic mass is 9.31. The Hall–Kier alpha value is -5.88. The molecule has 336 valence electrons. The van der Waals surface area contributed by atoms with Gasteiger partial charge in [0.2, 0.25) is 6.71 Å². The number of rotatable bonds is 2. The number of ether oxygens (including phenoxy) is 1. The maximum atomic E-state index is 7.11. The van der Waals surface area contributed by atoms with Crippen LogP contribution in [-0.4, -0.2) is 30.4 Å². The molecule has 9 aliphatic rings. The van der Waals surface area contributed by atoms with Crippen LogP contribution in [0.2, 0.25) is 0 Å². The number of hydrogen-bond acceptors (Lipinski definition) is 5. The zero-order valence-electron chi connectivity index (χ0n) is 40.7. The number of hydrogen-bond donors (Lipinski definition) is 0. The molecule has 5 nitrogen and oxygen atoms in total. The van der Waals surface area contributed by atoms with Crippen molar-refractivity contribution in [2.75, 3.05) is 14.7 Å². The first-order valence-corrected chi connectivity index (χ1v) is 25.3. The molecule has 0 bridgehead atoms. The van der Waals surface area contributed by atoms with Crippen LogP contribution in [0.3, 0.4) is 0 Å². The summed E-state index contributed by atoms with van der Waals surface area (Å²) in [6, 6.07) is 30.0. The van der Waals surface area contributed by atoms with Gasteiger partial charge >= 0.3 is 0 Å². The molecule has 4 aromatic carbocycles. The smallest absolute Gasteiger partial charge is 0.247 e. The lowest BCUT2D eigenvalue weighted by Crippen LogP contribution is -2.63. The summed E-state index contributed by atoms with van der Waals surface area (Å²) in [6.45, 7) is 22.0. The fraction of sp³-hybridized carbons (Fsp3) is 0.377. The number of para-hydroxylation sites is 2. The van der Waals surface area contributed by atoms with Crippen molar-refractivity contribution in [3.8, 4) is 5.75 Å². The summed E-state index contributed by atoms with van der Waals surface area (Å²) in [5.41, 5.74) is 20.1. The van der Waals surface area contributed by atoms with E-state index in [0.717, 1.165) is 23.5 Å². The summed E-state index contributed by atoms with van der Waals surface area (Å²) in [4.78, 5) is 8.24. The van der Waals surface area contributed by atoms with E-state index in [-0.39, 0.29) is 52.6 Å². The van der Waals surface area contributed by atoms with Crippen molar-refractivity contribution < 1.29 is 9.15 Å². The largest absolute Gasteiger partial charge is 0.483 e. The standard InChI is InChI=1S/C61H62BN3O2/c1-35-29-49-53-50(30-35)64-54-42(57-55(64)41-18-11-13-22-52(41)67-57)31-37(59(5,6)7)33-45(54)62(53)44-25-24-38(34-48(44)63(49)47-20-16-19-40-39-17-10-12-21-51(39)66-56(40)47)65-46-26-23-36(58(2,3)4)32-43(46)60(8)27-14-15-28-61(60,65)9/h10-13,16-26,29-31,33-34,36,42,47,54,56H,14-15,27-28,32H2,1-9H3. The summed E-state index contributed by atoms with van der Waals surface area (Å²) in [7, 11) is 0. The van der Waals surface area contributed by atoms with Gasteiger partial charge in [-0.15, -0.1) is 0 Å². The molecule has 67 heavy (non-hydrogen) atoms. The number of allylic oxidation sites excluding steroid dienone is 6. The Labute approximate surface area is 397 Å². The predicted octanol–water partition coefficient (Wildman–Crippen LogP) is 13.7. The second-order valence-corrected chi connectivity index (χ2v) is 24.0. The Kier molecular flexibility index (Phi) is 7.93. The van der Waals surface area contributed by atoms with E-state index in [9.17, 15) is 0 Å². The minimum Gasteiger partial charge on any atom is -0.483 e. The Morgan fingerprint density at radius 2 is 1.60 bits per heavy atom. The normalized spacial score (nSPS) is 29.3. The fourth-order valence-electron chi connectivity index (χ4n) is 14.7. The highest BCUT2D eigenvalue weighted by Gasteiger charge is 2.60. The number of fused-ring (bicyclic) bond motifs is 14. The first-order chi connectivity index (χ1) is 32.1. The van der Waals surface area contributed by atoms with E-state index >= 15 is 0 Å². The molecule has 0 amide bonds. The molecule has 1 saturated carbocycles. The summed E-state index contributed by atoms with van der Waals surface area (Å²) in [5.74, 6) is 2.69. The molecule has 1 aromatic heterocycles. The highest BCUT2D eigenvalue weighted by atomic mass is 16.5. The van der Waals surface area contributed by atoms with E-state index in [4.69, 9.17) is 9.15 Å². The van der Waals surface area contributed by atoms with Gasteiger partial charge in [0, 0.05) is 50.4 Å². The Morgan fingerprint density at radius 1 is 0.821 bits per heavy atom. The lowest BCUT2D eigenvalue weighted by Gasteiger charge is -2.52. The van der Waals surface area contributed by atoms with Crippen molar-refractivity contribution in [1.29, 1.82) is 0 Å². The Balaban J connectivity index is 1.03. The Bertz CT molecular complexity index is 3240. The topological polar surface area (TPSA) is 32.1 Å². The molecule has 6 heteroatoms. The van der Waals surface area contributed by atoms with Crippen molar-refractivity contribution in [3.05, 3.63) is 161 Å². The van der Waals surface area contributed by atoms with Crippen LogP contribution in [0.5, 0.6) is 5.75 Å². The van der Waals surface area contributed by atoms with Gasteiger partial charge in [0.15, 0.2) is 0 Å². The van der Waals surface area contributed by atoms with Crippen molar-refractivity contribution in [1.82, 2.24) is 0 Å². The minimum absolute atomic E-state index is 0.0392. The number of aryl methyl sites for hydroxylation is 1. The van der Waals surface area contributed by atoms with E-state index in [1.807, 2.05) is 0 Å². The van der Waals surface area contributed by atoms with Gasteiger partial charge in [-0.25, -0.2) is 0 Å². The quantitative estimate of drug-likeness (QED) is 0.165. The van der Waals surface area contributed by atoms with Crippen molar-refractivity contribution >= 4 is 62.6 Å². The zero-order valence-corrected chi connectivity index (χ0v) is 40.7. The molecule has 0 N–H and O–H groups in total. The van der Waals surface area contributed by atoms with Gasteiger partial charge in [0.1, 0.15) is 23.2 Å². The number of furan rings is 1. The molecule has 7 unspecified atom stereocenters. The van der Waals surface area contributed by atoms with Crippen LogP contribution in [-0.2, 0) is 0 Å². The van der Waals surface area contributed by atoms with Gasteiger partial charge in [-0.2, -0.15) is 0 Å². The molecule has 6 heterocycles. The van der Waals surface area contributed by atoms with E-state index in [1.54, 1.807) is 5.57 Å². The molecule has 5 aromatic rings. The second-order valence-electron chi connectivity index (χ2n) is 24.0. The fourth-order valence-corrected chi connectivity index (χ4v) is 14.7. The van der Waals surface area contributed by atoms with Crippen LogP contribution >= 0.6 is 0 Å². The van der Waals surface area contributed by atoms with Crippen LogP contribution in [0.25, 0.3) is 16.5 Å². The number of benzene rings is 4.